The first-order valence-electron chi connectivity index (χ1n) is 6.62. The van der Waals surface area contributed by atoms with Gasteiger partial charge in [0.25, 0.3) is 0 Å². The highest BCUT2D eigenvalue weighted by molar-refractivity contribution is 7.80. The van der Waals surface area contributed by atoms with Gasteiger partial charge in [0.05, 0.1) is 6.04 Å². The minimum absolute atomic E-state index is 0.154. The van der Waals surface area contributed by atoms with E-state index in [1.54, 1.807) is 0 Å². The predicted octanol–water partition coefficient (Wildman–Crippen LogP) is 3.75. The molecule has 1 aromatic carbocycles. The summed E-state index contributed by atoms with van der Waals surface area (Å²) in [7, 11) is 0. The molecule has 0 radical (unpaired) electrons. The van der Waals surface area contributed by atoms with Gasteiger partial charge in [0, 0.05) is 6.20 Å². The Balaban J connectivity index is 1.98. The maximum Gasteiger partial charge on any atom is 0.172 e. The number of anilines is 1. The molecule has 20 heavy (non-hydrogen) atoms. The van der Waals surface area contributed by atoms with Crippen LogP contribution in [0.2, 0.25) is 0 Å². The maximum absolute atomic E-state index is 5.33. The third kappa shape index (κ3) is 3.78. The lowest BCUT2D eigenvalue weighted by molar-refractivity contribution is 0.717. The summed E-state index contributed by atoms with van der Waals surface area (Å²) >= 11 is 5.33. The van der Waals surface area contributed by atoms with Crippen LogP contribution in [0.4, 0.5) is 5.82 Å². The number of rotatable bonds is 3. The van der Waals surface area contributed by atoms with E-state index in [-0.39, 0.29) is 6.04 Å². The summed E-state index contributed by atoms with van der Waals surface area (Å²) in [6.07, 6.45) is 1.82. The zero-order valence-corrected chi connectivity index (χ0v) is 12.8. The number of aromatic nitrogens is 1. The van der Waals surface area contributed by atoms with Crippen LogP contribution in [0.15, 0.2) is 42.6 Å². The smallest absolute Gasteiger partial charge is 0.172 e. The second-order valence-corrected chi connectivity index (χ2v) is 5.31. The fraction of sp³-hybridized carbons (Fsp3) is 0.250. The van der Waals surface area contributed by atoms with Crippen molar-refractivity contribution in [3.63, 3.8) is 0 Å². The number of pyridine rings is 1. The van der Waals surface area contributed by atoms with Gasteiger partial charge >= 0.3 is 0 Å². The lowest BCUT2D eigenvalue weighted by Crippen LogP contribution is -2.31. The van der Waals surface area contributed by atoms with Gasteiger partial charge in [-0.3, -0.25) is 0 Å². The number of nitrogens with one attached hydrogen (secondary N) is 2. The lowest BCUT2D eigenvalue weighted by atomic mass is 10.0. The zero-order chi connectivity index (χ0) is 14.5. The molecule has 0 amide bonds. The Bertz CT molecular complexity index is 593. The summed E-state index contributed by atoms with van der Waals surface area (Å²) in [5.41, 5.74) is 3.62. The molecule has 0 aliphatic carbocycles. The maximum atomic E-state index is 5.33. The molecule has 1 aromatic heterocycles. The quantitative estimate of drug-likeness (QED) is 0.842. The summed E-state index contributed by atoms with van der Waals surface area (Å²) in [5, 5.41) is 6.96. The van der Waals surface area contributed by atoms with Gasteiger partial charge in [-0.15, -0.1) is 0 Å². The Morgan fingerprint density at radius 1 is 1.15 bits per heavy atom. The van der Waals surface area contributed by atoms with E-state index in [1.807, 2.05) is 37.4 Å². The van der Waals surface area contributed by atoms with Crippen molar-refractivity contribution < 1.29 is 0 Å². The SMILES string of the molecule is Cc1ccc(NC(=S)N[C@H](C)c2ccccc2C)nc1. The molecular formula is C16H19N3S. The van der Waals surface area contributed by atoms with E-state index in [1.165, 1.54) is 11.1 Å². The highest BCUT2D eigenvalue weighted by Gasteiger charge is 2.09. The number of hydrogen-bond acceptors (Lipinski definition) is 2. The third-order valence-electron chi connectivity index (χ3n) is 3.16. The molecule has 2 aromatic rings. The number of thiocarbonyl (C=S) groups is 1. The third-order valence-corrected chi connectivity index (χ3v) is 3.38. The standard InChI is InChI=1S/C16H19N3S/c1-11-8-9-15(17-10-11)19-16(20)18-13(3)14-7-5-4-6-12(14)2/h4-10,13H,1-3H3,(H2,17,18,19,20)/t13-/m1/s1. The van der Waals surface area contributed by atoms with Crippen molar-refractivity contribution in [2.24, 2.45) is 0 Å². The second kappa shape index (κ2) is 6.48. The van der Waals surface area contributed by atoms with Gasteiger partial charge in [-0.05, 0) is 55.7 Å². The summed E-state index contributed by atoms with van der Waals surface area (Å²) in [5.74, 6) is 0.755. The van der Waals surface area contributed by atoms with Gasteiger partial charge < -0.3 is 10.6 Å². The summed E-state index contributed by atoms with van der Waals surface area (Å²) in [6.45, 7) is 6.21. The minimum Gasteiger partial charge on any atom is -0.356 e. The van der Waals surface area contributed by atoms with Crippen LogP contribution >= 0.6 is 12.2 Å². The van der Waals surface area contributed by atoms with Crippen molar-refractivity contribution in [3.8, 4) is 0 Å². The minimum atomic E-state index is 0.154. The van der Waals surface area contributed by atoms with Crippen LogP contribution in [-0.2, 0) is 0 Å². The highest BCUT2D eigenvalue weighted by atomic mass is 32.1. The number of benzene rings is 1. The lowest BCUT2D eigenvalue weighted by Gasteiger charge is -2.18. The van der Waals surface area contributed by atoms with E-state index < -0.39 is 0 Å². The summed E-state index contributed by atoms with van der Waals surface area (Å²) < 4.78 is 0. The Morgan fingerprint density at radius 2 is 1.90 bits per heavy atom. The first-order chi connectivity index (χ1) is 9.56. The molecule has 0 aliphatic rings. The van der Waals surface area contributed by atoms with Crippen LogP contribution in [0.5, 0.6) is 0 Å². The van der Waals surface area contributed by atoms with Crippen LogP contribution in [0.3, 0.4) is 0 Å². The van der Waals surface area contributed by atoms with Crippen LogP contribution in [0.25, 0.3) is 0 Å². The van der Waals surface area contributed by atoms with Crippen molar-refractivity contribution in [2.45, 2.75) is 26.8 Å². The van der Waals surface area contributed by atoms with Crippen LogP contribution in [0.1, 0.15) is 29.7 Å². The number of hydrogen-bond donors (Lipinski definition) is 2. The molecule has 1 heterocycles. The molecule has 0 spiro atoms. The topological polar surface area (TPSA) is 37.0 Å². The molecule has 1 atom stereocenters. The Kier molecular flexibility index (Phi) is 4.69. The molecule has 0 bridgehead atoms. The molecule has 2 N–H and O–H groups in total. The Morgan fingerprint density at radius 3 is 2.55 bits per heavy atom. The van der Waals surface area contributed by atoms with E-state index in [2.05, 4.69) is 41.6 Å². The van der Waals surface area contributed by atoms with Crippen molar-refractivity contribution in [1.29, 1.82) is 0 Å². The van der Waals surface area contributed by atoms with Gasteiger partial charge in [-0.25, -0.2) is 4.98 Å². The monoisotopic (exact) mass is 285 g/mol. The molecule has 0 unspecified atom stereocenters. The highest BCUT2D eigenvalue weighted by Crippen LogP contribution is 2.16. The molecular weight excluding hydrogens is 266 g/mol. The fourth-order valence-corrected chi connectivity index (χ4v) is 2.32. The predicted molar refractivity (Wildman–Crippen MR) is 87.9 cm³/mol. The first kappa shape index (κ1) is 14.5. The number of aryl methyl sites for hydroxylation is 2. The first-order valence-corrected chi connectivity index (χ1v) is 7.03. The largest absolute Gasteiger partial charge is 0.356 e. The summed E-state index contributed by atoms with van der Waals surface area (Å²) in [6, 6.07) is 12.4. The van der Waals surface area contributed by atoms with Crippen molar-refractivity contribution in [2.75, 3.05) is 5.32 Å². The van der Waals surface area contributed by atoms with Gasteiger partial charge in [-0.1, -0.05) is 30.3 Å². The van der Waals surface area contributed by atoms with Gasteiger partial charge in [0.1, 0.15) is 5.82 Å². The van der Waals surface area contributed by atoms with E-state index in [9.17, 15) is 0 Å². The average Bonchev–Trinajstić information content (AvgIpc) is 2.41. The Hall–Kier alpha value is -1.94. The molecule has 104 valence electrons. The Labute approximate surface area is 125 Å². The van der Waals surface area contributed by atoms with Gasteiger partial charge in [0.15, 0.2) is 5.11 Å². The van der Waals surface area contributed by atoms with Gasteiger partial charge in [-0.2, -0.15) is 0 Å². The van der Waals surface area contributed by atoms with Crippen molar-refractivity contribution in [1.82, 2.24) is 10.3 Å². The van der Waals surface area contributed by atoms with Crippen LogP contribution in [-0.4, -0.2) is 10.1 Å². The van der Waals surface area contributed by atoms with Crippen LogP contribution in [0, 0.1) is 13.8 Å². The van der Waals surface area contributed by atoms with Crippen molar-refractivity contribution in [3.05, 3.63) is 59.3 Å². The van der Waals surface area contributed by atoms with E-state index >= 15 is 0 Å². The average molecular weight is 285 g/mol. The van der Waals surface area contributed by atoms with Gasteiger partial charge in [0.2, 0.25) is 0 Å². The molecule has 0 aliphatic heterocycles. The second-order valence-electron chi connectivity index (χ2n) is 4.90. The zero-order valence-electron chi connectivity index (χ0n) is 12.0. The van der Waals surface area contributed by atoms with Crippen molar-refractivity contribution >= 4 is 23.1 Å². The van der Waals surface area contributed by atoms with E-state index in [0.29, 0.717) is 5.11 Å². The molecule has 2 rings (SSSR count). The van der Waals surface area contributed by atoms with Crippen LogP contribution < -0.4 is 10.6 Å². The van der Waals surface area contributed by atoms with E-state index in [0.717, 1.165) is 11.4 Å². The molecule has 0 saturated heterocycles. The molecule has 0 saturated carbocycles. The normalized spacial score (nSPS) is 11.8. The molecule has 3 nitrogen and oxygen atoms in total. The fourth-order valence-electron chi connectivity index (χ4n) is 2.04. The van der Waals surface area contributed by atoms with E-state index in [4.69, 9.17) is 12.2 Å². The number of nitrogens with zero attached hydrogens (tertiary/aromatic N) is 1. The summed E-state index contributed by atoms with van der Waals surface area (Å²) in [4.78, 5) is 4.28. The molecule has 4 heteroatoms. The molecule has 0 fully saturated rings.